The van der Waals surface area contributed by atoms with Crippen molar-refractivity contribution in [3.05, 3.63) is 48.7 Å². The van der Waals surface area contributed by atoms with E-state index >= 15 is 0 Å². The standard InChI is InChI=1S/C24H29N7O3/c1-16(32)30-10-12-31(13-11-30)18-5-6-19(22(15-18)34-3)27-23-8-9-26-24(29-23)28-20-14-17(25)4-7-21(20)33-2/h4-9,14-15H,10-13,25H2,1-3H3,(H2,26,27,28,29). The van der Waals surface area contributed by atoms with Gasteiger partial charge in [-0.25, -0.2) is 4.98 Å². The van der Waals surface area contributed by atoms with Crippen LogP contribution in [0.25, 0.3) is 0 Å². The lowest BCUT2D eigenvalue weighted by Crippen LogP contribution is -2.48. The molecule has 2 aromatic carbocycles. The van der Waals surface area contributed by atoms with Gasteiger partial charge in [0, 0.05) is 56.7 Å². The molecule has 1 aliphatic rings. The largest absolute Gasteiger partial charge is 0.495 e. The summed E-state index contributed by atoms with van der Waals surface area (Å²) < 4.78 is 11.0. The number of hydrogen-bond acceptors (Lipinski definition) is 9. The number of nitrogens with one attached hydrogen (secondary N) is 2. The van der Waals surface area contributed by atoms with Crippen LogP contribution >= 0.6 is 0 Å². The molecule has 0 spiro atoms. The number of carbonyl (C=O) groups excluding carboxylic acids is 1. The molecule has 0 saturated carbocycles. The Labute approximate surface area is 198 Å². The van der Waals surface area contributed by atoms with Gasteiger partial charge >= 0.3 is 0 Å². The summed E-state index contributed by atoms with van der Waals surface area (Å²) in [5, 5.41) is 6.45. The first-order valence-corrected chi connectivity index (χ1v) is 11.0. The van der Waals surface area contributed by atoms with Gasteiger partial charge in [-0.15, -0.1) is 0 Å². The monoisotopic (exact) mass is 463 g/mol. The van der Waals surface area contributed by atoms with Crippen molar-refractivity contribution >= 4 is 40.4 Å². The van der Waals surface area contributed by atoms with Crippen molar-refractivity contribution in [2.45, 2.75) is 6.92 Å². The minimum absolute atomic E-state index is 0.115. The Morgan fingerprint density at radius 3 is 2.41 bits per heavy atom. The Hall–Kier alpha value is -4.21. The number of nitrogens with two attached hydrogens (primary N) is 1. The zero-order valence-corrected chi connectivity index (χ0v) is 19.5. The zero-order valence-electron chi connectivity index (χ0n) is 19.5. The van der Waals surface area contributed by atoms with Crippen molar-refractivity contribution in [3.8, 4) is 11.5 Å². The molecule has 1 saturated heterocycles. The smallest absolute Gasteiger partial charge is 0.229 e. The van der Waals surface area contributed by atoms with Crippen LogP contribution < -0.4 is 30.7 Å². The lowest BCUT2D eigenvalue weighted by Gasteiger charge is -2.35. The van der Waals surface area contributed by atoms with Crippen molar-refractivity contribution in [1.29, 1.82) is 0 Å². The van der Waals surface area contributed by atoms with Gasteiger partial charge in [-0.3, -0.25) is 4.79 Å². The van der Waals surface area contributed by atoms with E-state index in [1.165, 1.54) is 0 Å². The summed E-state index contributed by atoms with van der Waals surface area (Å²) in [6.45, 7) is 4.60. The fraction of sp³-hybridized carbons (Fsp3) is 0.292. The maximum absolute atomic E-state index is 11.6. The molecule has 0 radical (unpaired) electrons. The molecule has 4 N–H and O–H groups in total. The van der Waals surface area contributed by atoms with Gasteiger partial charge in [-0.05, 0) is 36.4 Å². The van der Waals surface area contributed by atoms with Crippen molar-refractivity contribution < 1.29 is 14.3 Å². The van der Waals surface area contributed by atoms with Crippen LogP contribution in [0.1, 0.15) is 6.92 Å². The third-order valence-electron chi connectivity index (χ3n) is 5.66. The molecule has 0 bridgehead atoms. The van der Waals surface area contributed by atoms with Gasteiger partial charge in [0.05, 0.1) is 25.6 Å². The number of nitrogen functional groups attached to an aromatic ring is 1. The highest BCUT2D eigenvalue weighted by Gasteiger charge is 2.20. The predicted octanol–water partition coefficient (Wildman–Crippen LogP) is 3.23. The van der Waals surface area contributed by atoms with Crippen LogP contribution in [0.5, 0.6) is 11.5 Å². The number of rotatable bonds is 7. The van der Waals surface area contributed by atoms with Gasteiger partial charge in [0.25, 0.3) is 0 Å². The maximum atomic E-state index is 11.6. The quantitative estimate of drug-likeness (QED) is 0.454. The normalized spacial score (nSPS) is 13.4. The molecule has 10 nitrogen and oxygen atoms in total. The highest BCUT2D eigenvalue weighted by Crippen LogP contribution is 2.33. The van der Waals surface area contributed by atoms with Crippen LogP contribution in [0.4, 0.5) is 34.5 Å². The summed E-state index contributed by atoms with van der Waals surface area (Å²) in [5.74, 6) is 2.44. The predicted molar refractivity (Wildman–Crippen MR) is 133 cm³/mol. The van der Waals surface area contributed by atoms with E-state index in [1.54, 1.807) is 51.6 Å². The van der Waals surface area contributed by atoms with Gasteiger partial charge in [0.1, 0.15) is 17.3 Å². The number of aromatic nitrogens is 2. The topological polar surface area (TPSA) is 118 Å². The summed E-state index contributed by atoms with van der Waals surface area (Å²) in [6, 6.07) is 13.1. The summed E-state index contributed by atoms with van der Waals surface area (Å²) in [5.41, 5.74) is 9.00. The van der Waals surface area contributed by atoms with Gasteiger partial charge in [-0.1, -0.05) is 0 Å². The number of piperazine rings is 1. The van der Waals surface area contributed by atoms with E-state index in [2.05, 4.69) is 25.5 Å². The van der Waals surface area contributed by atoms with E-state index in [0.717, 1.165) is 24.5 Å². The fourth-order valence-corrected chi connectivity index (χ4v) is 3.83. The summed E-state index contributed by atoms with van der Waals surface area (Å²) in [4.78, 5) is 24.5. The number of nitrogens with zero attached hydrogens (tertiary/aromatic N) is 4. The average molecular weight is 464 g/mol. The molecular formula is C24H29N7O3. The van der Waals surface area contributed by atoms with E-state index in [1.807, 2.05) is 23.1 Å². The Morgan fingerprint density at radius 2 is 1.71 bits per heavy atom. The third-order valence-corrected chi connectivity index (χ3v) is 5.66. The molecule has 0 unspecified atom stereocenters. The van der Waals surface area contributed by atoms with E-state index < -0.39 is 0 Å². The molecule has 34 heavy (non-hydrogen) atoms. The van der Waals surface area contributed by atoms with Crippen molar-refractivity contribution in [2.24, 2.45) is 0 Å². The number of ether oxygens (including phenoxy) is 2. The molecule has 0 atom stereocenters. The Balaban J connectivity index is 1.49. The molecule has 1 aliphatic heterocycles. The van der Waals surface area contributed by atoms with Crippen LogP contribution in [0.2, 0.25) is 0 Å². The minimum atomic E-state index is 0.115. The van der Waals surface area contributed by atoms with Crippen LogP contribution in [-0.4, -0.2) is 61.2 Å². The SMILES string of the molecule is COc1cc(N2CCN(C(C)=O)CC2)ccc1Nc1ccnc(Nc2cc(N)ccc2OC)n1. The van der Waals surface area contributed by atoms with Crippen LogP contribution in [0, 0.1) is 0 Å². The second-order valence-electron chi connectivity index (χ2n) is 7.85. The molecule has 10 heteroatoms. The van der Waals surface area contributed by atoms with Crippen molar-refractivity contribution in [3.63, 3.8) is 0 Å². The summed E-state index contributed by atoms with van der Waals surface area (Å²) in [7, 11) is 3.23. The van der Waals surface area contributed by atoms with Crippen molar-refractivity contribution in [1.82, 2.24) is 14.9 Å². The van der Waals surface area contributed by atoms with Crippen LogP contribution in [0.3, 0.4) is 0 Å². The van der Waals surface area contributed by atoms with Crippen molar-refractivity contribution in [2.75, 3.05) is 61.7 Å². The first-order valence-electron chi connectivity index (χ1n) is 11.0. The first-order chi connectivity index (χ1) is 16.5. The van der Waals surface area contributed by atoms with Gasteiger partial charge < -0.3 is 35.6 Å². The second-order valence-corrected chi connectivity index (χ2v) is 7.85. The summed E-state index contributed by atoms with van der Waals surface area (Å²) >= 11 is 0. The maximum Gasteiger partial charge on any atom is 0.229 e. The fourth-order valence-electron chi connectivity index (χ4n) is 3.83. The zero-order chi connectivity index (χ0) is 24.1. The molecule has 4 rings (SSSR count). The molecule has 1 aromatic heterocycles. The molecule has 1 amide bonds. The van der Waals surface area contributed by atoms with Crippen LogP contribution in [0.15, 0.2) is 48.7 Å². The average Bonchev–Trinajstić information content (AvgIpc) is 2.85. The van der Waals surface area contributed by atoms with Gasteiger partial charge in [0.2, 0.25) is 11.9 Å². The van der Waals surface area contributed by atoms with E-state index in [4.69, 9.17) is 15.2 Å². The molecule has 2 heterocycles. The molecular weight excluding hydrogens is 434 g/mol. The molecule has 0 aliphatic carbocycles. The van der Waals surface area contributed by atoms with Gasteiger partial charge in [-0.2, -0.15) is 4.98 Å². The third kappa shape index (κ3) is 5.22. The van der Waals surface area contributed by atoms with E-state index in [9.17, 15) is 4.79 Å². The Kier molecular flexibility index (Phi) is 6.86. The lowest BCUT2D eigenvalue weighted by atomic mass is 10.2. The number of anilines is 6. The number of carbonyl (C=O) groups is 1. The number of methoxy groups -OCH3 is 2. The van der Waals surface area contributed by atoms with Crippen LogP contribution in [-0.2, 0) is 4.79 Å². The van der Waals surface area contributed by atoms with E-state index in [0.29, 0.717) is 47.7 Å². The van der Waals surface area contributed by atoms with E-state index in [-0.39, 0.29) is 5.91 Å². The highest BCUT2D eigenvalue weighted by molar-refractivity contribution is 5.74. The first kappa shape index (κ1) is 23.0. The molecule has 1 fully saturated rings. The highest BCUT2D eigenvalue weighted by atomic mass is 16.5. The Morgan fingerprint density at radius 1 is 0.941 bits per heavy atom. The second kappa shape index (κ2) is 10.2. The lowest BCUT2D eigenvalue weighted by molar-refractivity contribution is -0.129. The molecule has 3 aromatic rings. The molecule has 178 valence electrons. The van der Waals surface area contributed by atoms with Gasteiger partial charge in [0.15, 0.2) is 0 Å². The Bertz CT molecular complexity index is 1160. The number of amides is 1. The number of benzene rings is 2. The number of hydrogen-bond donors (Lipinski definition) is 3. The minimum Gasteiger partial charge on any atom is -0.495 e. The summed E-state index contributed by atoms with van der Waals surface area (Å²) in [6.07, 6.45) is 1.66.